The van der Waals surface area contributed by atoms with E-state index in [-0.39, 0.29) is 0 Å². The Labute approximate surface area is 101 Å². The molecule has 0 aliphatic heterocycles. The van der Waals surface area contributed by atoms with Gasteiger partial charge in [0, 0.05) is 19.8 Å². The van der Waals surface area contributed by atoms with Gasteiger partial charge in [-0.05, 0) is 35.4 Å². The van der Waals surface area contributed by atoms with E-state index < -0.39 is 0 Å². The van der Waals surface area contributed by atoms with Gasteiger partial charge >= 0.3 is 0 Å². The molecule has 4 nitrogen and oxygen atoms in total. The van der Waals surface area contributed by atoms with Crippen molar-refractivity contribution in [3.63, 3.8) is 0 Å². The lowest BCUT2D eigenvalue weighted by atomic mass is 10.1. The first-order valence-electron chi connectivity index (χ1n) is 5.37. The van der Waals surface area contributed by atoms with E-state index >= 15 is 0 Å². The highest BCUT2D eigenvalue weighted by molar-refractivity contribution is 5.70. The largest absolute Gasteiger partial charge is 0.384 e. The third kappa shape index (κ3) is 2.47. The van der Waals surface area contributed by atoms with E-state index in [1.54, 1.807) is 0 Å². The first-order chi connectivity index (χ1) is 8.06. The van der Waals surface area contributed by atoms with Crippen molar-refractivity contribution in [3.05, 3.63) is 36.4 Å². The van der Waals surface area contributed by atoms with E-state index in [1.165, 1.54) is 0 Å². The normalized spacial score (nSPS) is 10.2. The fourth-order valence-electron chi connectivity index (χ4n) is 1.69. The number of nitrogen functional groups attached to an aromatic ring is 2. The van der Waals surface area contributed by atoms with Crippen molar-refractivity contribution in [1.82, 2.24) is 4.98 Å². The van der Waals surface area contributed by atoms with Crippen LogP contribution >= 0.6 is 0 Å². The Bertz CT molecular complexity index is 497. The van der Waals surface area contributed by atoms with Gasteiger partial charge in [0.15, 0.2) is 0 Å². The van der Waals surface area contributed by atoms with Crippen molar-refractivity contribution in [1.29, 1.82) is 0 Å². The second-order valence-electron chi connectivity index (χ2n) is 4.15. The molecule has 4 heteroatoms. The van der Waals surface area contributed by atoms with Crippen molar-refractivity contribution in [3.8, 4) is 11.1 Å². The minimum absolute atomic E-state index is 0.441. The SMILES string of the molecule is CN(C)c1ccc(-c2cc(N)nc(N)c2)cc1. The number of nitrogens with two attached hydrogens (primary N) is 2. The summed E-state index contributed by atoms with van der Waals surface area (Å²) in [6.45, 7) is 0. The molecule has 0 aliphatic rings. The Balaban J connectivity index is 2.39. The molecule has 1 heterocycles. The number of hydrogen-bond acceptors (Lipinski definition) is 4. The van der Waals surface area contributed by atoms with Gasteiger partial charge in [0.25, 0.3) is 0 Å². The molecule has 0 radical (unpaired) electrons. The predicted octanol–water partition coefficient (Wildman–Crippen LogP) is 1.98. The highest BCUT2D eigenvalue weighted by atomic mass is 15.1. The van der Waals surface area contributed by atoms with Gasteiger partial charge in [-0.25, -0.2) is 4.98 Å². The van der Waals surface area contributed by atoms with Crippen LogP contribution in [0.1, 0.15) is 0 Å². The zero-order valence-corrected chi connectivity index (χ0v) is 10.0. The summed E-state index contributed by atoms with van der Waals surface area (Å²) in [5.41, 5.74) is 14.6. The van der Waals surface area contributed by atoms with Gasteiger partial charge in [-0.1, -0.05) is 12.1 Å². The molecule has 0 spiro atoms. The number of rotatable bonds is 2. The smallest absolute Gasteiger partial charge is 0.126 e. The molecule has 2 rings (SSSR count). The second kappa shape index (κ2) is 4.33. The van der Waals surface area contributed by atoms with Crippen LogP contribution in [0.5, 0.6) is 0 Å². The number of hydrogen-bond donors (Lipinski definition) is 2. The fourth-order valence-corrected chi connectivity index (χ4v) is 1.69. The molecule has 0 saturated heterocycles. The molecule has 2 aromatic rings. The highest BCUT2D eigenvalue weighted by Crippen LogP contribution is 2.24. The Hall–Kier alpha value is -2.23. The van der Waals surface area contributed by atoms with Crippen molar-refractivity contribution in [2.24, 2.45) is 0 Å². The Morgan fingerprint density at radius 1 is 0.882 bits per heavy atom. The molecule has 1 aromatic heterocycles. The zero-order valence-electron chi connectivity index (χ0n) is 10.0. The van der Waals surface area contributed by atoms with E-state index in [4.69, 9.17) is 11.5 Å². The van der Waals surface area contributed by atoms with Crippen LogP contribution in [-0.2, 0) is 0 Å². The molecule has 4 N–H and O–H groups in total. The Morgan fingerprint density at radius 2 is 1.41 bits per heavy atom. The van der Waals surface area contributed by atoms with Crippen molar-refractivity contribution in [2.45, 2.75) is 0 Å². The fraction of sp³-hybridized carbons (Fsp3) is 0.154. The van der Waals surface area contributed by atoms with Crippen LogP contribution in [0.25, 0.3) is 11.1 Å². The second-order valence-corrected chi connectivity index (χ2v) is 4.15. The summed E-state index contributed by atoms with van der Waals surface area (Å²) in [5.74, 6) is 0.883. The first kappa shape index (κ1) is 11.3. The Kier molecular flexibility index (Phi) is 2.87. The number of benzene rings is 1. The van der Waals surface area contributed by atoms with E-state index in [9.17, 15) is 0 Å². The van der Waals surface area contributed by atoms with Crippen molar-refractivity contribution in [2.75, 3.05) is 30.5 Å². The number of anilines is 3. The maximum absolute atomic E-state index is 5.68. The lowest BCUT2D eigenvalue weighted by molar-refractivity contribution is 1.13. The minimum atomic E-state index is 0.441. The summed E-state index contributed by atoms with van der Waals surface area (Å²) in [5, 5.41) is 0. The van der Waals surface area contributed by atoms with Crippen molar-refractivity contribution < 1.29 is 0 Å². The molecular weight excluding hydrogens is 212 g/mol. The zero-order chi connectivity index (χ0) is 12.4. The van der Waals surface area contributed by atoms with E-state index in [0.29, 0.717) is 11.6 Å². The van der Waals surface area contributed by atoms with E-state index in [1.807, 2.05) is 38.4 Å². The van der Waals surface area contributed by atoms with Crippen LogP contribution < -0.4 is 16.4 Å². The average Bonchev–Trinajstić information content (AvgIpc) is 2.28. The van der Waals surface area contributed by atoms with Gasteiger partial charge in [0.05, 0.1) is 0 Å². The summed E-state index contributed by atoms with van der Waals surface area (Å²) in [4.78, 5) is 6.01. The van der Waals surface area contributed by atoms with Gasteiger partial charge in [0.2, 0.25) is 0 Å². The monoisotopic (exact) mass is 228 g/mol. The summed E-state index contributed by atoms with van der Waals surface area (Å²) in [6, 6.07) is 11.8. The average molecular weight is 228 g/mol. The summed E-state index contributed by atoms with van der Waals surface area (Å²) in [6.07, 6.45) is 0. The minimum Gasteiger partial charge on any atom is -0.384 e. The van der Waals surface area contributed by atoms with E-state index in [0.717, 1.165) is 16.8 Å². The van der Waals surface area contributed by atoms with Gasteiger partial charge in [-0.15, -0.1) is 0 Å². The van der Waals surface area contributed by atoms with Crippen LogP contribution in [0.2, 0.25) is 0 Å². The molecule has 0 amide bonds. The maximum Gasteiger partial charge on any atom is 0.126 e. The molecule has 0 bridgehead atoms. The topological polar surface area (TPSA) is 68.2 Å². The molecule has 0 unspecified atom stereocenters. The molecule has 0 aliphatic carbocycles. The van der Waals surface area contributed by atoms with Crippen molar-refractivity contribution >= 4 is 17.3 Å². The number of pyridine rings is 1. The predicted molar refractivity (Wildman–Crippen MR) is 72.8 cm³/mol. The van der Waals surface area contributed by atoms with Crippen LogP contribution in [0.3, 0.4) is 0 Å². The summed E-state index contributed by atoms with van der Waals surface area (Å²) < 4.78 is 0. The first-order valence-corrected chi connectivity index (χ1v) is 5.37. The summed E-state index contributed by atoms with van der Waals surface area (Å²) in [7, 11) is 4.02. The Morgan fingerprint density at radius 3 is 1.88 bits per heavy atom. The lowest BCUT2D eigenvalue weighted by Gasteiger charge is -2.13. The lowest BCUT2D eigenvalue weighted by Crippen LogP contribution is -2.07. The van der Waals surface area contributed by atoms with Gasteiger partial charge in [-0.2, -0.15) is 0 Å². The quantitative estimate of drug-likeness (QED) is 0.824. The van der Waals surface area contributed by atoms with Crippen LogP contribution in [-0.4, -0.2) is 19.1 Å². The molecule has 0 saturated carbocycles. The highest BCUT2D eigenvalue weighted by Gasteiger charge is 2.02. The van der Waals surface area contributed by atoms with Crippen LogP contribution in [0.4, 0.5) is 17.3 Å². The summed E-state index contributed by atoms with van der Waals surface area (Å²) >= 11 is 0. The molecule has 17 heavy (non-hydrogen) atoms. The van der Waals surface area contributed by atoms with Gasteiger partial charge < -0.3 is 16.4 Å². The molecule has 0 fully saturated rings. The van der Waals surface area contributed by atoms with Gasteiger partial charge in [-0.3, -0.25) is 0 Å². The number of aromatic nitrogens is 1. The van der Waals surface area contributed by atoms with Gasteiger partial charge in [0.1, 0.15) is 11.6 Å². The molecule has 1 aromatic carbocycles. The third-order valence-electron chi connectivity index (χ3n) is 2.58. The standard InChI is InChI=1S/C13H16N4/c1-17(2)11-5-3-9(4-6-11)10-7-12(14)16-13(15)8-10/h3-8H,1-2H3,(H4,14,15,16). The third-order valence-corrected chi connectivity index (χ3v) is 2.58. The molecule has 0 atom stereocenters. The maximum atomic E-state index is 5.68. The molecular formula is C13H16N4. The molecule has 88 valence electrons. The van der Waals surface area contributed by atoms with Crippen LogP contribution in [0.15, 0.2) is 36.4 Å². The number of nitrogens with zero attached hydrogens (tertiary/aromatic N) is 2. The van der Waals surface area contributed by atoms with Crippen LogP contribution in [0, 0.1) is 0 Å². The van der Waals surface area contributed by atoms with E-state index in [2.05, 4.69) is 22.0 Å².